The molecule has 24 heavy (non-hydrogen) atoms. The van der Waals surface area contributed by atoms with Crippen molar-refractivity contribution in [2.45, 2.75) is 58.9 Å². The number of piperidine rings is 1. The molecule has 2 aromatic rings. The molecule has 0 N–H and O–H groups in total. The molecule has 0 bridgehead atoms. The summed E-state index contributed by atoms with van der Waals surface area (Å²) < 4.78 is 1.91. The van der Waals surface area contributed by atoms with Crippen molar-refractivity contribution in [3.05, 3.63) is 33.5 Å². The third-order valence-corrected chi connectivity index (χ3v) is 5.93. The van der Waals surface area contributed by atoms with Gasteiger partial charge < -0.3 is 4.90 Å². The van der Waals surface area contributed by atoms with Crippen LogP contribution in [0.5, 0.6) is 0 Å². The van der Waals surface area contributed by atoms with E-state index < -0.39 is 0 Å². The summed E-state index contributed by atoms with van der Waals surface area (Å²) >= 11 is 1.78. The molecule has 1 amide bonds. The lowest BCUT2D eigenvalue weighted by Crippen LogP contribution is -2.40. The fraction of sp³-hybridized carbons (Fsp3) is 0.611. The number of carbonyl (C=O) groups is 1. The Morgan fingerprint density at radius 1 is 1.42 bits per heavy atom. The van der Waals surface area contributed by atoms with E-state index in [9.17, 15) is 4.79 Å². The summed E-state index contributed by atoms with van der Waals surface area (Å²) in [4.78, 5) is 20.6. The molecule has 5 nitrogen and oxygen atoms in total. The van der Waals surface area contributed by atoms with E-state index in [1.807, 2.05) is 21.8 Å². The van der Waals surface area contributed by atoms with Crippen molar-refractivity contribution in [1.29, 1.82) is 0 Å². The van der Waals surface area contributed by atoms with Crippen LogP contribution < -0.4 is 0 Å². The number of carbonyl (C=O) groups excluding carboxylic acids is 1. The first-order valence-electron chi connectivity index (χ1n) is 8.69. The smallest absolute Gasteiger partial charge is 0.228 e. The average molecular weight is 347 g/mol. The van der Waals surface area contributed by atoms with Crippen molar-refractivity contribution in [1.82, 2.24) is 19.7 Å². The Hall–Kier alpha value is -1.69. The highest BCUT2D eigenvalue weighted by atomic mass is 32.1. The molecular weight excluding hydrogens is 320 g/mol. The van der Waals surface area contributed by atoms with Gasteiger partial charge in [0, 0.05) is 36.1 Å². The van der Waals surface area contributed by atoms with Crippen LogP contribution in [0.2, 0.25) is 0 Å². The van der Waals surface area contributed by atoms with E-state index >= 15 is 0 Å². The average Bonchev–Trinajstić information content (AvgIpc) is 3.15. The summed E-state index contributed by atoms with van der Waals surface area (Å²) in [6.07, 6.45) is 4.52. The van der Waals surface area contributed by atoms with Crippen molar-refractivity contribution in [3.8, 4) is 0 Å². The van der Waals surface area contributed by atoms with Gasteiger partial charge in [-0.15, -0.1) is 11.3 Å². The van der Waals surface area contributed by atoms with E-state index in [-0.39, 0.29) is 5.91 Å². The molecule has 1 aliphatic heterocycles. The predicted molar refractivity (Wildman–Crippen MR) is 96.5 cm³/mol. The Morgan fingerprint density at radius 2 is 2.21 bits per heavy atom. The van der Waals surface area contributed by atoms with Crippen LogP contribution in [-0.4, -0.2) is 38.7 Å². The Morgan fingerprint density at radius 3 is 2.83 bits per heavy atom. The number of aryl methyl sites for hydroxylation is 2. The van der Waals surface area contributed by atoms with Gasteiger partial charge in [-0.05, 0) is 46.6 Å². The number of nitrogens with zero attached hydrogens (tertiary/aromatic N) is 4. The van der Waals surface area contributed by atoms with Crippen LogP contribution in [0, 0.1) is 13.8 Å². The second-order valence-electron chi connectivity index (χ2n) is 6.93. The van der Waals surface area contributed by atoms with Crippen molar-refractivity contribution < 1.29 is 4.79 Å². The molecule has 1 saturated heterocycles. The van der Waals surface area contributed by atoms with Gasteiger partial charge in [-0.1, -0.05) is 0 Å². The molecule has 0 spiro atoms. The van der Waals surface area contributed by atoms with E-state index in [0.717, 1.165) is 37.3 Å². The van der Waals surface area contributed by atoms with Crippen molar-refractivity contribution >= 4 is 17.2 Å². The maximum Gasteiger partial charge on any atom is 0.228 e. The number of rotatable bonds is 4. The first-order chi connectivity index (χ1) is 11.4. The summed E-state index contributed by atoms with van der Waals surface area (Å²) in [5.74, 6) is 0.562. The zero-order valence-electron chi connectivity index (χ0n) is 15.0. The Bertz CT molecular complexity index is 699. The van der Waals surface area contributed by atoms with Gasteiger partial charge in [0.1, 0.15) is 0 Å². The number of aromatic nitrogens is 3. The zero-order valence-corrected chi connectivity index (χ0v) is 15.8. The molecule has 0 aliphatic carbocycles. The quantitative estimate of drug-likeness (QED) is 0.851. The summed E-state index contributed by atoms with van der Waals surface area (Å²) in [5.41, 5.74) is 1.98. The molecule has 130 valence electrons. The Labute approximate surface area is 147 Å². The highest BCUT2D eigenvalue weighted by Gasteiger charge is 2.27. The van der Waals surface area contributed by atoms with Gasteiger partial charge in [0.05, 0.1) is 22.8 Å². The lowest BCUT2D eigenvalue weighted by atomic mass is 9.98. The first-order valence-corrected chi connectivity index (χ1v) is 9.51. The SMILES string of the molecule is Cc1nc([C@@H]2CCCN(C(=O)Cc3ccn(C(C)C)n3)C2)sc1C. The predicted octanol–water partition coefficient (Wildman–Crippen LogP) is 3.49. The topological polar surface area (TPSA) is 51.0 Å². The van der Waals surface area contributed by atoms with Gasteiger partial charge in [0.25, 0.3) is 0 Å². The molecule has 1 atom stereocenters. The highest BCUT2D eigenvalue weighted by Crippen LogP contribution is 2.31. The second-order valence-corrected chi connectivity index (χ2v) is 8.16. The van der Waals surface area contributed by atoms with Crippen LogP contribution in [0.3, 0.4) is 0 Å². The third kappa shape index (κ3) is 3.69. The lowest BCUT2D eigenvalue weighted by molar-refractivity contribution is -0.131. The first kappa shape index (κ1) is 17.1. The molecule has 0 radical (unpaired) electrons. The monoisotopic (exact) mass is 346 g/mol. The van der Waals surface area contributed by atoms with Crippen LogP contribution in [0.25, 0.3) is 0 Å². The fourth-order valence-electron chi connectivity index (χ4n) is 3.10. The molecule has 0 unspecified atom stereocenters. The van der Waals surface area contributed by atoms with Crippen LogP contribution in [-0.2, 0) is 11.2 Å². The maximum atomic E-state index is 12.7. The summed E-state index contributed by atoms with van der Waals surface area (Å²) in [6.45, 7) is 10.00. The molecular formula is C18H26N4OS. The van der Waals surface area contributed by atoms with E-state index in [1.165, 1.54) is 9.88 Å². The van der Waals surface area contributed by atoms with E-state index in [0.29, 0.717) is 18.4 Å². The standard InChI is InChI=1S/C18H26N4OS/c1-12(2)22-9-7-16(20-22)10-17(23)21-8-5-6-15(11-21)18-19-13(3)14(4)24-18/h7,9,12,15H,5-6,8,10-11H2,1-4H3/t15-/m1/s1. The number of hydrogen-bond acceptors (Lipinski definition) is 4. The van der Waals surface area contributed by atoms with Gasteiger partial charge in [0.2, 0.25) is 5.91 Å². The zero-order chi connectivity index (χ0) is 17.3. The summed E-state index contributed by atoms with van der Waals surface area (Å²) in [5, 5.41) is 5.68. The fourth-order valence-corrected chi connectivity index (χ4v) is 4.15. The lowest BCUT2D eigenvalue weighted by Gasteiger charge is -2.31. The third-order valence-electron chi connectivity index (χ3n) is 4.69. The van der Waals surface area contributed by atoms with E-state index in [1.54, 1.807) is 11.3 Å². The van der Waals surface area contributed by atoms with E-state index in [4.69, 9.17) is 4.98 Å². The maximum absolute atomic E-state index is 12.7. The van der Waals surface area contributed by atoms with Gasteiger partial charge in [-0.25, -0.2) is 4.98 Å². The number of hydrogen-bond donors (Lipinski definition) is 0. The Balaban J connectivity index is 1.64. The molecule has 3 rings (SSSR count). The normalized spacial score (nSPS) is 18.4. The van der Waals surface area contributed by atoms with Gasteiger partial charge in [-0.3, -0.25) is 9.48 Å². The summed E-state index contributed by atoms with van der Waals surface area (Å²) in [6, 6.07) is 2.27. The molecule has 0 saturated carbocycles. The Kier molecular flexibility index (Phi) is 5.04. The summed E-state index contributed by atoms with van der Waals surface area (Å²) in [7, 11) is 0. The second kappa shape index (κ2) is 7.05. The largest absolute Gasteiger partial charge is 0.342 e. The van der Waals surface area contributed by atoms with Gasteiger partial charge >= 0.3 is 0 Å². The molecule has 6 heteroatoms. The highest BCUT2D eigenvalue weighted by molar-refractivity contribution is 7.11. The number of amides is 1. The van der Waals surface area contributed by atoms with Crippen molar-refractivity contribution in [2.75, 3.05) is 13.1 Å². The van der Waals surface area contributed by atoms with Crippen molar-refractivity contribution in [3.63, 3.8) is 0 Å². The van der Waals surface area contributed by atoms with Crippen LogP contribution >= 0.6 is 11.3 Å². The van der Waals surface area contributed by atoms with Crippen LogP contribution in [0.15, 0.2) is 12.3 Å². The van der Waals surface area contributed by atoms with E-state index in [2.05, 4.69) is 32.8 Å². The van der Waals surface area contributed by atoms with Gasteiger partial charge in [-0.2, -0.15) is 5.10 Å². The minimum absolute atomic E-state index is 0.179. The minimum atomic E-state index is 0.179. The van der Waals surface area contributed by atoms with Crippen molar-refractivity contribution in [2.24, 2.45) is 0 Å². The van der Waals surface area contributed by atoms with Gasteiger partial charge in [0.15, 0.2) is 0 Å². The molecule has 2 aromatic heterocycles. The number of likely N-dealkylation sites (tertiary alicyclic amines) is 1. The molecule has 3 heterocycles. The number of thiazole rings is 1. The molecule has 0 aromatic carbocycles. The molecule has 1 fully saturated rings. The van der Waals surface area contributed by atoms with Crippen LogP contribution in [0.4, 0.5) is 0 Å². The van der Waals surface area contributed by atoms with Crippen LogP contribution in [0.1, 0.15) is 59.9 Å². The molecule has 1 aliphatic rings. The minimum Gasteiger partial charge on any atom is -0.342 e.